The number of guanidine groups is 1. The zero-order chi connectivity index (χ0) is 20.3. The normalized spacial score (nSPS) is 11.3. The van der Waals surface area contributed by atoms with Crippen molar-refractivity contribution in [2.45, 2.75) is 13.0 Å². The Kier molecular flexibility index (Phi) is 7.65. The molecule has 3 rings (SSSR count). The molecule has 29 heavy (non-hydrogen) atoms. The lowest BCUT2D eigenvalue weighted by atomic mass is 10.3. The number of methoxy groups -OCH3 is 1. The van der Waals surface area contributed by atoms with Gasteiger partial charge in [0.05, 0.1) is 18.5 Å². The molecule has 0 aliphatic carbocycles. The number of para-hydroxylation sites is 1. The van der Waals surface area contributed by atoms with Crippen LogP contribution in [0.4, 0.5) is 5.69 Å². The van der Waals surface area contributed by atoms with E-state index in [1.807, 2.05) is 71.7 Å². The molecule has 1 aromatic heterocycles. The summed E-state index contributed by atoms with van der Waals surface area (Å²) >= 11 is 0. The van der Waals surface area contributed by atoms with Crippen molar-refractivity contribution in [2.75, 3.05) is 32.7 Å². The van der Waals surface area contributed by atoms with E-state index in [-0.39, 0.29) is 0 Å². The van der Waals surface area contributed by atoms with Gasteiger partial charge in [-0.25, -0.2) is 4.68 Å². The van der Waals surface area contributed by atoms with Crippen LogP contribution in [0.5, 0.6) is 5.75 Å². The minimum Gasteiger partial charge on any atom is -0.493 e. The predicted molar refractivity (Wildman–Crippen MR) is 116 cm³/mol. The fourth-order valence-electron chi connectivity index (χ4n) is 2.73. The summed E-state index contributed by atoms with van der Waals surface area (Å²) in [6.07, 6.45) is 4.71. The first-order chi connectivity index (χ1) is 14.3. The fourth-order valence-corrected chi connectivity index (χ4v) is 2.73. The second-order valence-electron chi connectivity index (χ2n) is 6.40. The number of hydrogen-bond donors (Lipinski definition) is 2. The molecule has 0 unspecified atom stereocenters. The van der Waals surface area contributed by atoms with Crippen LogP contribution in [-0.2, 0) is 11.3 Å². The van der Waals surface area contributed by atoms with Gasteiger partial charge in [0.25, 0.3) is 0 Å². The van der Waals surface area contributed by atoms with Gasteiger partial charge < -0.3 is 20.1 Å². The van der Waals surface area contributed by atoms with Gasteiger partial charge in [0.1, 0.15) is 5.75 Å². The smallest absolute Gasteiger partial charge is 0.195 e. The van der Waals surface area contributed by atoms with Crippen molar-refractivity contribution in [1.29, 1.82) is 0 Å². The first-order valence-corrected chi connectivity index (χ1v) is 9.57. The number of nitrogens with one attached hydrogen (secondary N) is 2. The highest BCUT2D eigenvalue weighted by molar-refractivity contribution is 5.93. The van der Waals surface area contributed by atoms with E-state index >= 15 is 0 Å². The molecule has 0 fully saturated rings. The minimum atomic E-state index is 0.611. The largest absolute Gasteiger partial charge is 0.493 e. The van der Waals surface area contributed by atoms with Crippen LogP contribution >= 0.6 is 0 Å². The fraction of sp³-hybridized carbons (Fsp3) is 0.273. The van der Waals surface area contributed by atoms with Gasteiger partial charge in [-0.05, 0) is 24.3 Å². The number of nitrogens with zero attached hydrogens (tertiary/aromatic N) is 3. The molecule has 7 nitrogen and oxygen atoms in total. The number of hydrogen-bond acceptors (Lipinski definition) is 4. The Bertz CT molecular complexity index is 908. The molecule has 7 heteroatoms. The second-order valence-corrected chi connectivity index (χ2v) is 6.40. The first-order valence-electron chi connectivity index (χ1n) is 9.57. The van der Waals surface area contributed by atoms with Gasteiger partial charge in [-0.3, -0.25) is 4.99 Å². The van der Waals surface area contributed by atoms with Gasteiger partial charge in [0, 0.05) is 57.2 Å². The molecule has 0 amide bonds. The summed E-state index contributed by atoms with van der Waals surface area (Å²) in [5.41, 5.74) is 3.00. The molecule has 0 atom stereocenters. The monoisotopic (exact) mass is 393 g/mol. The molecular weight excluding hydrogens is 366 g/mol. The Morgan fingerprint density at radius 1 is 1.10 bits per heavy atom. The average Bonchev–Trinajstić information content (AvgIpc) is 3.24. The van der Waals surface area contributed by atoms with Crippen LogP contribution in [0.3, 0.4) is 0 Å². The average molecular weight is 393 g/mol. The maximum atomic E-state index is 5.75. The van der Waals surface area contributed by atoms with Gasteiger partial charge in [-0.1, -0.05) is 24.3 Å². The summed E-state index contributed by atoms with van der Waals surface area (Å²) < 4.78 is 12.6. The van der Waals surface area contributed by atoms with E-state index in [9.17, 15) is 0 Å². The molecule has 152 valence electrons. The lowest BCUT2D eigenvalue weighted by Gasteiger charge is -2.12. The minimum absolute atomic E-state index is 0.611. The van der Waals surface area contributed by atoms with Gasteiger partial charge in [0.2, 0.25) is 0 Å². The zero-order valence-electron chi connectivity index (χ0n) is 16.8. The molecule has 0 spiro atoms. The number of aliphatic imine (C=N–C) groups is 1. The van der Waals surface area contributed by atoms with Crippen molar-refractivity contribution < 1.29 is 9.47 Å². The first kappa shape index (κ1) is 20.4. The molecule has 0 aliphatic heterocycles. The summed E-state index contributed by atoms with van der Waals surface area (Å²) in [6, 6.07) is 17.8. The van der Waals surface area contributed by atoms with Crippen molar-refractivity contribution in [3.63, 3.8) is 0 Å². The third-order valence-corrected chi connectivity index (χ3v) is 4.20. The Balaban J connectivity index is 1.53. The quantitative estimate of drug-likeness (QED) is 0.331. The molecule has 2 aromatic carbocycles. The topological polar surface area (TPSA) is 72.7 Å². The summed E-state index contributed by atoms with van der Waals surface area (Å²) in [7, 11) is 3.43. The van der Waals surface area contributed by atoms with Crippen LogP contribution < -0.4 is 15.4 Å². The highest BCUT2D eigenvalue weighted by Crippen LogP contribution is 2.17. The summed E-state index contributed by atoms with van der Waals surface area (Å²) in [6.45, 7) is 1.92. The van der Waals surface area contributed by atoms with E-state index in [1.165, 1.54) is 0 Å². The third kappa shape index (κ3) is 6.36. The maximum Gasteiger partial charge on any atom is 0.195 e. The lowest BCUT2D eigenvalue weighted by molar-refractivity contribution is 0.172. The van der Waals surface area contributed by atoms with Crippen LogP contribution in [-0.4, -0.2) is 43.1 Å². The van der Waals surface area contributed by atoms with Crippen molar-refractivity contribution >= 4 is 11.6 Å². The Labute approximate surface area is 171 Å². The van der Waals surface area contributed by atoms with E-state index < -0.39 is 0 Å². The standard InChI is InChI=1S/C22H27N5O2/c1-23-22(26-19-8-6-11-21(14-19)29-13-7-12-28-2)24-15-18-16-25-27(17-18)20-9-4-3-5-10-20/h3-6,8-11,14,16-17H,7,12-13,15H2,1-2H3,(H2,23,24,26). The zero-order valence-corrected chi connectivity index (χ0v) is 16.8. The van der Waals surface area contributed by atoms with Crippen LogP contribution in [0, 0.1) is 0 Å². The van der Waals surface area contributed by atoms with E-state index in [4.69, 9.17) is 9.47 Å². The highest BCUT2D eigenvalue weighted by Gasteiger charge is 2.04. The number of rotatable bonds is 9. The van der Waals surface area contributed by atoms with Crippen LogP contribution in [0.2, 0.25) is 0 Å². The van der Waals surface area contributed by atoms with Crippen molar-refractivity contribution in [1.82, 2.24) is 15.1 Å². The van der Waals surface area contributed by atoms with Crippen molar-refractivity contribution in [3.8, 4) is 11.4 Å². The van der Waals surface area contributed by atoms with Crippen molar-refractivity contribution in [3.05, 3.63) is 72.6 Å². The molecule has 0 aliphatic rings. The number of anilines is 1. The van der Waals surface area contributed by atoms with Crippen LogP contribution in [0.1, 0.15) is 12.0 Å². The molecule has 3 aromatic rings. The molecule has 0 saturated carbocycles. The highest BCUT2D eigenvalue weighted by atomic mass is 16.5. The Morgan fingerprint density at radius 2 is 1.97 bits per heavy atom. The molecule has 0 radical (unpaired) electrons. The number of aromatic nitrogens is 2. The van der Waals surface area contributed by atoms with E-state index in [2.05, 4.69) is 20.7 Å². The number of ether oxygens (including phenoxy) is 2. The summed E-state index contributed by atoms with van der Waals surface area (Å²) in [5, 5.41) is 11.0. The number of benzene rings is 2. The summed E-state index contributed by atoms with van der Waals surface area (Å²) in [5.74, 6) is 1.49. The third-order valence-electron chi connectivity index (χ3n) is 4.20. The molecule has 0 saturated heterocycles. The van der Waals surface area contributed by atoms with E-state index in [1.54, 1.807) is 14.2 Å². The second kappa shape index (κ2) is 10.9. The van der Waals surface area contributed by atoms with Gasteiger partial charge >= 0.3 is 0 Å². The van der Waals surface area contributed by atoms with Gasteiger partial charge in [-0.2, -0.15) is 5.10 Å². The van der Waals surface area contributed by atoms with E-state index in [0.717, 1.165) is 29.1 Å². The predicted octanol–water partition coefficient (Wildman–Crippen LogP) is 3.48. The van der Waals surface area contributed by atoms with Crippen LogP contribution in [0.15, 0.2) is 72.0 Å². The SMILES string of the molecule is CN=C(NCc1cnn(-c2ccccc2)c1)Nc1cccc(OCCCOC)c1. The molecule has 1 heterocycles. The lowest BCUT2D eigenvalue weighted by Crippen LogP contribution is -2.30. The Morgan fingerprint density at radius 3 is 2.76 bits per heavy atom. The van der Waals surface area contributed by atoms with Gasteiger partial charge in [0.15, 0.2) is 5.96 Å². The summed E-state index contributed by atoms with van der Waals surface area (Å²) in [4.78, 5) is 4.29. The Hall–Kier alpha value is -3.32. The van der Waals surface area contributed by atoms with Crippen molar-refractivity contribution in [2.24, 2.45) is 4.99 Å². The molecular formula is C22H27N5O2. The van der Waals surface area contributed by atoms with Crippen LogP contribution in [0.25, 0.3) is 5.69 Å². The maximum absolute atomic E-state index is 5.75. The molecule has 2 N–H and O–H groups in total. The van der Waals surface area contributed by atoms with E-state index in [0.29, 0.717) is 25.7 Å². The molecule has 0 bridgehead atoms. The van der Waals surface area contributed by atoms with Gasteiger partial charge in [-0.15, -0.1) is 0 Å².